The summed E-state index contributed by atoms with van der Waals surface area (Å²) in [4.78, 5) is 7.65. The topological polar surface area (TPSA) is 42.2 Å². The molecule has 0 bridgehead atoms. The number of nitrogens with zero attached hydrogens (tertiary/aromatic N) is 2. The van der Waals surface area contributed by atoms with Crippen LogP contribution in [0.5, 0.6) is 0 Å². The summed E-state index contributed by atoms with van der Waals surface area (Å²) in [6, 6.07) is 0.813. The summed E-state index contributed by atoms with van der Waals surface area (Å²) in [6.07, 6.45) is 4.58. The van der Waals surface area contributed by atoms with Crippen LogP contribution in [0.3, 0.4) is 0 Å². The van der Waals surface area contributed by atoms with Crippen LogP contribution in [0.4, 0.5) is 5.13 Å². The Kier molecular flexibility index (Phi) is 2.02. The molecular weight excluding hydrogens is 170 g/mol. The van der Waals surface area contributed by atoms with Crippen LogP contribution < -0.4 is 5.73 Å². The van der Waals surface area contributed by atoms with Gasteiger partial charge in [0.1, 0.15) is 0 Å². The van der Waals surface area contributed by atoms with Crippen molar-refractivity contribution in [2.45, 2.75) is 25.4 Å². The molecule has 1 aliphatic rings. The summed E-state index contributed by atoms with van der Waals surface area (Å²) in [5, 5.41) is 0.675. The Morgan fingerprint density at radius 3 is 3.00 bits per heavy atom. The van der Waals surface area contributed by atoms with E-state index in [2.05, 4.69) is 16.9 Å². The monoisotopic (exact) mass is 183 g/mol. The highest BCUT2D eigenvalue weighted by Crippen LogP contribution is 2.27. The summed E-state index contributed by atoms with van der Waals surface area (Å²) in [5.74, 6) is 0. The fraction of sp³-hybridized carbons (Fsp3) is 0.625. The van der Waals surface area contributed by atoms with E-state index in [1.165, 1.54) is 17.7 Å². The maximum atomic E-state index is 5.53. The third-order valence-corrected chi connectivity index (χ3v) is 2.96. The molecule has 0 saturated heterocycles. The quantitative estimate of drug-likeness (QED) is 0.768. The normalized spacial score (nSPS) is 17.2. The van der Waals surface area contributed by atoms with E-state index in [1.807, 2.05) is 6.20 Å². The summed E-state index contributed by atoms with van der Waals surface area (Å²) in [7, 11) is 2.16. The Hall–Kier alpha value is -0.610. The Balaban J connectivity index is 1.93. The van der Waals surface area contributed by atoms with E-state index in [9.17, 15) is 0 Å². The van der Waals surface area contributed by atoms with Crippen LogP contribution in [0, 0.1) is 0 Å². The van der Waals surface area contributed by atoms with Crippen molar-refractivity contribution in [2.24, 2.45) is 0 Å². The smallest absolute Gasteiger partial charge is 0.180 e. The van der Waals surface area contributed by atoms with Crippen LogP contribution in [0.2, 0.25) is 0 Å². The molecule has 0 radical (unpaired) electrons. The second kappa shape index (κ2) is 3.03. The van der Waals surface area contributed by atoms with Gasteiger partial charge in [-0.05, 0) is 19.9 Å². The highest BCUT2D eigenvalue weighted by atomic mass is 32.1. The minimum Gasteiger partial charge on any atom is -0.375 e. The van der Waals surface area contributed by atoms with E-state index in [4.69, 9.17) is 5.73 Å². The Morgan fingerprint density at radius 2 is 2.50 bits per heavy atom. The summed E-state index contributed by atoms with van der Waals surface area (Å²) in [6.45, 7) is 1.000. The van der Waals surface area contributed by atoms with Gasteiger partial charge in [0.05, 0.1) is 0 Å². The first-order chi connectivity index (χ1) is 5.75. The molecule has 0 unspecified atom stereocenters. The molecule has 1 aromatic rings. The summed E-state index contributed by atoms with van der Waals surface area (Å²) >= 11 is 1.59. The van der Waals surface area contributed by atoms with Gasteiger partial charge in [-0.25, -0.2) is 4.98 Å². The number of aromatic nitrogens is 1. The van der Waals surface area contributed by atoms with Crippen molar-refractivity contribution in [2.75, 3.05) is 12.8 Å². The number of hydrogen-bond donors (Lipinski definition) is 1. The first-order valence-electron chi connectivity index (χ1n) is 4.16. The lowest BCUT2D eigenvalue weighted by atomic mass is 10.4. The van der Waals surface area contributed by atoms with E-state index in [0.29, 0.717) is 5.13 Å². The third kappa shape index (κ3) is 1.76. The molecule has 1 saturated carbocycles. The largest absolute Gasteiger partial charge is 0.375 e. The molecule has 12 heavy (non-hydrogen) atoms. The van der Waals surface area contributed by atoms with Crippen LogP contribution >= 0.6 is 11.3 Å². The number of nitrogens with two attached hydrogens (primary N) is 1. The number of thiazole rings is 1. The maximum absolute atomic E-state index is 5.53. The third-order valence-electron chi connectivity index (χ3n) is 2.15. The van der Waals surface area contributed by atoms with Gasteiger partial charge in [0.2, 0.25) is 0 Å². The maximum Gasteiger partial charge on any atom is 0.180 e. The second-order valence-electron chi connectivity index (χ2n) is 3.31. The lowest BCUT2D eigenvalue weighted by Gasteiger charge is -2.12. The average molecular weight is 183 g/mol. The predicted octanol–water partition coefficient (Wildman–Crippen LogP) is 1.32. The van der Waals surface area contributed by atoms with Crippen molar-refractivity contribution in [1.82, 2.24) is 9.88 Å². The molecule has 2 N–H and O–H groups in total. The van der Waals surface area contributed by atoms with Gasteiger partial charge in [0.25, 0.3) is 0 Å². The van der Waals surface area contributed by atoms with Gasteiger partial charge in [-0.2, -0.15) is 0 Å². The molecule has 1 aliphatic carbocycles. The van der Waals surface area contributed by atoms with Gasteiger partial charge in [-0.3, -0.25) is 4.90 Å². The molecule has 2 rings (SSSR count). The van der Waals surface area contributed by atoms with E-state index in [1.54, 1.807) is 11.3 Å². The fourth-order valence-corrected chi connectivity index (χ4v) is 2.03. The standard InChI is InChI=1S/C8H13N3S/c1-11(6-2-3-6)5-7-4-10-8(9)12-7/h4,6H,2-3,5H2,1H3,(H2,9,10). The molecular formula is C8H13N3S. The highest BCUT2D eigenvalue weighted by molar-refractivity contribution is 7.15. The minimum absolute atomic E-state index is 0.675. The number of nitrogen functional groups attached to an aromatic ring is 1. The van der Waals surface area contributed by atoms with E-state index in [0.717, 1.165) is 12.6 Å². The van der Waals surface area contributed by atoms with Crippen LogP contribution in [-0.4, -0.2) is 23.0 Å². The van der Waals surface area contributed by atoms with Crippen LogP contribution in [0.1, 0.15) is 17.7 Å². The fourth-order valence-electron chi connectivity index (χ4n) is 1.29. The Labute approximate surface area is 76.2 Å². The van der Waals surface area contributed by atoms with Gasteiger partial charge >= 0.3 is 0 Å². The molecule has 1 fully saturated rings. The molecule has 0 atom stereocenters. The molecule has 0 aliphatic heterocycles. The molecule has 0 aromatic carbocycles. The molecule has 4 heteroatoms. The number of rotatable bonds is 3. The second-order valence-corrected chi connectivity index (χ2v) is 4.46. The van der Waals surface area contributed by atoms with Crippen LogP contribution in [0.25, 0.3) is 0 Å². The van der Waals surface area contributed by atoms with E-state index in [-0.39, 0.29) is 0 Å². The molecule has 0 spiro atoms. The zero-order valence-corrected chi connectivity index (χ0v) is 7.97. The molecule has 0 amide bonds. The van der Waals surface area contributed by atoms with Crippen molar-refractivity contribution in [1.29, 1.82) is 0 Å². The van der Waals surface area contributed by atoms with Crippen molar-refractivity contribution >= 4 is 16.5 Å². The predicted molar refractivity (Wildman–Crippen MR) is 51.0 cm³/mol. The average Bonchev–Trinajstić information content (AvgIpc) is 2.78. The SMILES string of the molecule is CN(Cc1cnc(N)s1)C1CC1. The van der Waals surface area contributed by atoms with Crippen molar-refractivity contribution in [3.05, 3.63) is 11.1 Å². The zero-order valence-electron chi connectivity index (χ0n) is 7.16. The van der Waals surface area contributed by atoms with E-state index < -0.39 is 0 Å². The van der Waals surface area contributed by atoms with Gasteiger partial charge < -0.3 is 5.73 Å². The number of hydrogen-bond acceptors (Lipinski definition) is 4. The van der Waals surface area contributed by atoms with Gasteiger partial charge in [0.15, 0.2) is 5.13 Å². The first-order valence-corrected chi connectivity index (χ1v) is 4.98. The highest BCUT2D eigenvalue weighted by Gasteiger charge is 2.26. The van der Waals surface area contributed by atoms with E-state index >= 15 is 0 Å². The summed E-state index contributed by atoms with van der Waals surface area (Å²) < 4.78 is 0. The van der Waals surface area contributed by atoms with Gasteiger partial charge in [0, 0.05) is 23.7 Å². The number of anilines is 1. The van der Waals surface area contributed by atoms with Crippen molar-refractivity contribution < 1.29 is 0 Å². The minimum atomic E-state index is 0.675. The molecule has 3 nitrogen and oxygen atoms in total. The van der Waals surface area contributed by atoms with Crippen molar-refractivity contribution in [3.8, 4) is 0 Å². The Bertz CT molecular complexity index is 267. The van der Waals surface area contributed by atoms with Gasteiger partial charge in [-0.15, -0.1) is 11.3 Å². The van der Waals surface area contributed by atoms with Crippen molar-refractivity contribution in [3.63, 3.8) is 0 Å². The Morgan fingerprint density at radius 1 is 1.75 bits per heavy atom. The molecule has 1 aromatic heterocycles. The first kappa shape index (κ1) is 8.01. The van der Waals surface area contributed by atoms with Crippen LogP contribution in [0.15, 0.2) is 6.20 Å². The molecule has 1 heterocycles. The lowest BCUT2D eigenvalue weighted by Crippen LogP contribution is -2.19. The lowest BCUT2D eigenvalue weighted by molar-refractivity contribution is 0.319. The van der Waals surface area contributed by atoms with Crippen LogP contribution in [-0.2, 0) is 6.54 Å². The summed E-state index contributed by atoms with van der Waals surface area (Å²) in [5.41, 5.74) is 5.53. The zero-order chi connectivity index (χ0) is 8.55. The molecule has 66 valence electrons. The van der Waals surface area contributed by atoms with Gasteiger partial charge in [-0.1, -0.05) is 0 Å².